The largest absolute Gasteiger partial charge is 0.472 e. The Morgan fingerprint density at radius 3 is 2.94 bits per heavy atom. The van der Waals surface area contributed by atoms with E-state index in [9.17, 15) is 0 Å². The Kier molecular flexibility index (Phi) is 3.81. The summed E-state index contributed by atoms with van der Waals surface area (Å²) in [5.41, 5.74) is 0.925. The van der Waals surface area contributed by atoms with Gasteiger partial charge in [-0.05, 0) is 18.4 Å². The predicted octanol–water partition coefficient (Wildman–Crippen LogP) is 3.07. The first-order valence-corrected chi connectivity index (χ1v) is 6.50. The fourth-order valence-electron chi connectivity index (χ4n) is 1.39. The lowest BCUT2D eigenvalue weighted by Crippen LogP contribution is -1.99. The first kappa shape index (κ1) is 12.1. The van der Waals surface area contributed by atoms with Crippen molar-refractivity contribution in [3.05, 3.63) is 41.0 Å². The standard InChI is InChI=1S/C11H11ClN2O2S/c1-17-10-4-2-3-9(12)8(10)7-16-11-5-6-14(15)13-11/h2-6,15H,7H2,1H3. The molecule has 0 saturated heterocycles. The Hall–Kier alpha value is -1.33. The van der Waals surface area contributed by atoms with Crippen LogP contribution in [0.4, 0.5) is 0 Å². The molecule has 2 rings (SSSR count). The van der Waals surface area contributed by atoms with Crippen molar-refractivity contribution in [1.82, 2.24) is 9.94 Å². The lowest BCUT2D eigenvalue weighted by Gasteiger charge is -2.09. The van der Waals surface area contributed by atoms with Crippen molar-refractivity contribution in [3.63, 3.8) is 0 Å². The van der Waals surface area contributed by atoms with Gasteiger partial charge in [-0.25, -0.2) is 0 Å². The van der Waals surface area contributed by atoms with Crippen molar-refractivity contribution in [2.24, 2.45) is 0 Å². The lowest BCUT2D eigenvalue weighted by atomic mass is 10.2. The molecule has 6 heteroatoms. The topological polar surface area (TPSA) is 47.3 Å². The number of aromatic nitrogens is 2. The van der Waals surface area contributed by atoms with Crippen molar-refractivity contribution >= 4 is 23.4 Å². The molecule has 0 atom stereocenters. The summed E-state index contributed by atoms with van der Waals surface area (Å²) in [6.07, 6.45) is 3.38. The Morgan fingerprint density at radius 2 is 2.29 bits per heavy atom. The van der Waals surface area contributed by atoms with Crippen molar-refractivity contribution in [2.45, 2.75) is 11.5 Å². The molecule has 1 aromatic carbocycles. The summed E-state index contributed by atoms with van der Waals surface area (Å²) in [6, 6.07) is 7.29. The predicted molar refractivity (Wildman–Crippen MR) is 67.0 cm³/mol. The third kappa shape index (κ3) is 2.87. The molecule has 0 spiro atoms. The summed E-state index contributed by atoms with van der Waals surface area (Å²) in [7, 11) is 0. The number of hydrogen-bond donors (Lipinski definition) is 1. The maximum absolute atomic E-state index is 9.00. The second-order valence-corrected chi connectivity index (χ2v) is 4.54. The van der Waals surface area contributed by atoms with Gasteiger partial charge in [0.1, 0.15) is 6.61 Å². The van der Waals surface area contributed by atoms with Gasteiger partial charge < -0.3 is 9.94 Å². The fourth-order valence-corrected chi connectivity index (χ4v) is 2.31. The third-order valence-electron chi connectivity index (χ3n) is 2.21. The Morgan fingerprint density at radius 1 is 1.47 bits per heavy atom. The Balaban J connectivity index is 2.13. The van der Waals surface area contributed by atoms with Gasteiger partial charge in [-0.2, -0.15) is 0 Å². The number of nitrogens with zero attached hydrogens (tertiary/aromatic N) is 2. The van der Waals surface area contributed by atoms with Gasteiger partial charge in [-0.3, -0.25) is 0 Å². The van der Waals surface area contributed by atoms with E-state index in [1.807, 2.05) is 24.5 Å². The Labute approximate surface area is 108 Å². The highest BCUT2D eigenvalue weighted by molar-refractivity contribution is 7.98. The molecule has 1 heterocycles. The summed E-state index contributed by atoms with van der Waals surface area (Å²) in [4.78, 5) is 1.78. The third-order valence-corrected chi connectivity index (χ3v) is 3.39. The molecule has 1 aromatic heterocycles. The molecule has 2 aromatic rings. The van der Waals surface area contributed by atoms with E-state index in [1.165, 1.54) is 6.20 Å². The quantitative estimate of drug-likeness (QED) is 0.685. The lowest BCUT2D eigenvalue weighted by molar-refractivity contribution is 0.141. The van der Waals surface area contributed by atoms with E-state index in [2.05, 4.69) is 5.10 Å². The van der Waals surface area contributed by atoms with Crippen LogP contribution < -0.4 is 4.74 Å². The van der Waals surface area contributed by atoms with E-state index in [0.717, 1.165) is 10.5 Å². The van der Waals surface area contributed by atoms with Gasteiger partial charge in [0.2, 0.25) is 5.88 Å². The number of thioether (sulfide) groups is 1. The molecule has 0 radical (unpaired) electrons. The highest BCUT2D eigenvalue weighted by Gasteiger charge is 2.08. The maximum Gasteiger partial charge on any atom is 0.236 e. The smallest absolute Gasteiger partial charge is 0.236 e. The van der Waals surface area contributed by atoms with Crippen LogP contribution in [0.5, 0.6) is 5.88 Å². The van der Waals surface area contributed by atoms with Crippen molar-refractivity contribution < 1.29 is 9.94 Å². The molecular weight excluding hydrogens is 260 g/mol. The number of rotatable bonds is 4. The van der Waals surface area contributed by atoms with Crippen molar-refractivity contribution in [3.8, 4) is 5.88 Å². The first-order chi connectivity index (χ1) is 8.20. The summed E-state index contributed by atoms with van der Waals surface area (Å²) in [5.74, 6) is 0.361. The van der Waals surface area contributed by atoms with Crippen LogP contribution in [0, 0.1) is 0 Å². The minimum Gasteiger partial charge on any atom is -0.472 e. The molecule has 90 valence electrons. The van der Waals surface area contributed by atoms with E-state index in [4.69, 9.17) is 21.5 Å². The van der Waals surface area contributed by atoms with Gasteiger partial charge >= 0.3 is 0 Å². The van der Waals surface area contributed by atoms with E-state index in [1.54, 1.807) is 17.8 Å². The minimum absolute atomic E-state index is 0.326. The zero-order chi connectivity index (χ0) is 12.3. The van der Waals surface area contributed by atoms with Gasteiger partial charge in [0.05, 0.1) is 6.20 Å². The van der Waals surface area contributed by atoms with Gasteiger partial charge in [0.15, 0.2) is 0 Å². The van der Waals surface area contributed by atoms with Crippen LogP contribution in [-0.2, 0) is 6.61 Å². The average molecular weight is 271 g/mol. The van der Waals surface area contributed by atoms with Gasteiger partial charge in [-0.15, -0.1) is 16.6 Å². The molecule has 0 bridgehead atoms. The molecule has 0 fully saturated rings. The fraction of sp³-hybridized carbons (Fsp3) is 0.182. The molecular formula is C11H11ClN2O2S. The highest BCUT2D eigenvalue weighted by Crippen LogP contribution is 2.27. The van der Waals surface area contributed by atoms with Crippen LogP contribution in [-0.4, -0.2) is 21.4 Å². The second-order valence-electron chi connectivity index (χ2n) is 3.28. The molecule has 0 saturated carbocycles. The van der Waals surface area contributed by atoms with Crippen molar-refractivity contribution in [2.75, 3.05) is 6.26 Å². The molecule has 0 unspecified atom stereocenters. The monoisotopic (exact) mass is 270 g/mol. The molecule has 0 amide bonds. The van der Waals surface area contributed by atoms with Crippen LogP contribution in [0.15, 0.2) is 35.4 Å². The number of hydrogen-bond acceptors (Lipinski definition) is 4. The molecule has 1 N–H and O–H groups in total. The van der Waals surface area contributed by atoms with E-state index < -0.39 is 0 Å². The highest BCUT2D eigenvalue weighted by atomic mass is 35.5. The first-order valence-electron chi connectivity index (χ1n) is 4.90. The number of benzene rings is 1. The maximum atomic E-state index is 9.00. The van der Waals surface area contributed by atoms with Crippen LogP contribution in [0.2, 0.25) is 5.02 Å². The molecule has 0 aliphatic heterocycles. The second kappa shape index (κ2) is 5.33. The number of halogens is 1. The van der Waals surface area contributed by atoms with E-state index >= 15 is 0 Å². The summed E-state index contributed by atoms with van der Waals surface area (Å²) in [6.45, 7) is 0.326. The van der Waals surface area contributed by atoms with Crippen LogP contribution in [0.1, 0.15) is 5.56 Å². The van der Waals surface area contributed by atoms with Gasteiger partial charge in [0.25, 0.3) is 0 Å². The summed E-state index contributed by atoms with van der Waals surface area (Å²) in [5, 5.41) is 13.4. The van der Waals surface area contributed by atoms with Crippen molar-refractivity contribution in [1.29, 1.82) is 0 Å². The van der Waals surface area contributed by atoms with E-state index in [-0.39, 0.29) is 0 Å². The molecule has 0 aliphatic carbocycles. The zero-order valence-electron chi connectivity index (χ0n) is 9.13. The summed E-state index contributed by atoms with van der Waals surface area (Å²) >= 11 is 7.72. The van der Waals surface area contributed by atoms with Crippen LogP contribution in [0.25, 0.3) is 0 Å². The molecule has 0 aliphatic rings. The van der Waals surface area contributed by atoms with Crippen LogP contribution >= 0.6 is 23.4 Å². The average Bonchev–Trinajstić information content (AvgIpc) is 2.73. The van der Waals surface area contributed by atoms with E-state index in [0.29, 0.717) is 22.4 Å². The van der Waals surface area contributed by atoms with Crippen LogP contribution in [0.3, 0.4) is 0 Å². The number of ether oxygens (including phenoxy) is 1. The Bertz CT molecular complexity index is 516. The van der Waals surface area contributed by atoms with Gasteiger partial charge in [-0.1, -0.05) is 22.8 Å². The summed E-state index contributed by atoms with van der Waals surface area (Å²) < 4.78 is 5.45. The zero-order valence-corrected chi connectivity index (χ0v) is 10.7. The minimum atomic E-state index is 0.326. The molecule has 4 nitrogen and oxygen atoms in total. The normalized spacial score (nSPS) is 10.5. The SMILES string of the molecule is CSc1cccc(Cl)c1COc1ccn(O)n1. The molecule has 17 heavy (non-hydrogen) atoms. The van der Waals surface area contributed by atoms with Gasteiger partial charge in [0, 0.05) is 21.5 Å².